The Morgan fingerprint density at radius 2 is 1.87 bits per heavy atom. The molecule has 0 saturated carbocycles. The molecular formula is C11H23N3O. The standard InChI is InChI=1S/C11H23N3O/c1-4-12(2)6-5-11(15)14-9-7-13(3)8-10-14/h4-10H2,1-3H3. The second kappa shape index (κ2) is 6.08. The zero-order chi connectivity index (χ0) is 11.3. The van der Waals surface area contributed by atoms with Crippen LogP contribution in [0.3, 0.4) is 0 Å². The summed E-state index contributed by atoms with van der Waals surface area (Å²) in [6.07, 6.45) is 0.661. The van der Waals surface area contributed by atoms with Gasteiger partial charge in [-0.1, -0.05) is 6.92 Å². The molecule has 1 saturated heterocycles. The zero-order valence-electron chi connectivity index (χ0n) is 10.2. The van der Waals surface area contributed by atoms with Gasteiger partial charge in [0.2, 0.25) is 5.91 Å². The highest BCUT2D eigenvalue weighted by Crippen LogP contribution is 2.02. The molecule has 0 bridgehead atoms. The van der Waals surface area contributed by atoms with Gasteiger partial charge in [-0.2, -0.15) is 0 Å². The molecule has 0 spiro atoms. The molecule has 4 nitrogen and oxygen atoms in total. The van der Waals surface area contributed by atoms with Gasteiger partial charge >= 0.3 is 0 Å². The van der Waals surface area contributed by atoms with E-state index in [1.165, 1.54) is 0 Å². The maximum atomic E-state index is 11.8. The molecule has 0 aromatic rings. The quantitative estimate of drug-likeness (QED) is 0.663. The van der Waals surface area contributed by atoms with E-state index < -0.39 is 0 Å². The highest BCUT2D eigenvalue weighted by molar-refractivity contribution is 5.76. The SMILES string of the molecule is CCN(C)CCC(=O)N1CCN(C)CC1. The van der Waals surface area contributed by atoms with Gasteiger partial charge in [-0.15, -0.1) is 0 Å². The number of hydrogen-bond acceptors (Lipinski definition) is 3. The van der Waals surface area contributed by atoms with Crippen LogP contribution in [0.5, 0.6) is 0 Å². The maximum Gasteiger partial charge on any atom is 0.223 e. The third kappa shape index (κ3) is 4.18. The summed E-state index contributed by atoms with van der Waals surface area (Å²) in [4.78, 5) is 18.2. The lowest BCUT2D eigenvalue weighted by Crippen LogP contribution is -2.47. The van der Waals surface area contributed by atoms with E-state index in [0.29, 0.717) is 12.3 Å². The van der Waals surface area contributed by atoms with Crippen molar-refractivity contribution in [1.82, 2.24) is 14.7 Å². The molecule has 0 aromatic heterocycles. The van der Waals surface area contributed by atoms with Crippen molar-refractivity contribution in [3.8, 4) is 0 Å². The summed E-state index contributed by atoms with van der Waals surface area (Å²) in [5, 5.41) is 0. The van der Waals surface area contributed by atoms with Crippen LogP contribution >= 0.6 is 0 Å². The summed E-state index contributed by atoms with van der Waals surface area (Å²) >= 11 is 0. The molecule has 1 heterocycles. The van der Waals surface area contributed by atoms with Gasteiger partial charge in [0.05, 0.1) is 0 Å². The molecular weight excluding hydrogens is 190 g/mol. The van der Waals surface area contributed by atoms with Gasteiger partial charge < -0.3 is 14.7 Å². The van der Waals surface area contributed by atoms with Crippen molar-refractivity contribution in [2.45, 2.75) is 13.3 Å². The average Bonchev–Trinajstić information content (AvgIpc) is 2.26. The molecule has 1 rings (SSSR count). The fourth-order valence-electron chi connectivity index (χ4n) is 1.66. The molecule has 15 heavy (non-hydrogen) atoms. The van der Waals surface area contributed by atoms with Crippen LogP contribution in [0.2, 0.25) is 0 Å². The Bertz CT molecular complexity index is 200. The number of piperazine rings is 1. The predicted molar refractivity (Wildman–Crippen MR) is 61.9 cm³/mol. The Morgan fingerprint density at radius 1 is 1.27 bits per heavy atom. The summed E-state index contributed by atoms with van der Waals surface area (Å²) < 4.78 is 0. The monoisotopic (exact) mass is 213 g/mol. The minimum Gasteiger partial charge on any atom is -0.340 e. The van der Waals surface area contributed by atoms with Crippen molar-refractivity contribution >= 4 is 5.91 Å². The topological polar surface area (TPSA) is 26.8 Å². The summed E-state index contributed by atoms with van der Waals surface area (Å²) in [7, 11) is 4.16. The van der Waals surface area contributed by atoms with E-state index in [-0.39, 0.29) is 0 Å². The summed E-state index contributed by atoms with van der Waals surface area (Å²) in [5.74, 6) is 0.309. The first kappa shape index (κ1) is 12.5. The lowest BCUT2D eigenvalue weighted by atomic mass is 10.3. The summed E-state index contributed by atoms with van der Waals surface area (Å²) in [6.45, 7) is 7.80. The fraction of sp³-hybridized carbons (Fsp3) is 0.909. The average molecular weight is 213 g/mol. The van der Waals surface area contributed by atoms with Crippen LogP contribution in [0.1, 0.15) is 13.3 Å². The highest BCUT2D eigenvalue weighted by atomic mass is 16.2. The van der Waals surface area contributed by atoms with Crippen molar-refractivity contribution in [2.24, 2.45) is 0 Å². The highest BCUT2D eigenvalue weighted by Gasteiger charge is 2.18. The second-order valence-electron chi connectivity index (χ2n) is 4.33. The van der Waals surface area contributed by atoms with Crippen molar-refractivity contribution in [1.29, 1.82) is 0 Å². The molecule has 0 aliphatic carbocycles. The zero-order valence-corrected chi connectivity index (χ0v) is 10.2. The van der Waals surface area contributed by atoms with Gasteiger partial charge in [-0.3, -0.25) is 4.79 Å². The third-order valence-corrected chi connectivity index (χ3v) is 3.10. The minimum absolute atomic E-state index is 0.309. The molecule has 0 aromatic carbocycles. The van der Waals surface area contributed by atoms with Crippen LogP contribution in [-0.2, 0) is 4.79 Å². The van der Waals surface area contributed by atoms with E-state index in [4.69, 9.17) is 0 Å². The number of hydrogen-bond donors (Lipinski definition) is 0. The van der Waals surface area contributed by atoms with E-state index in [9.17, 15) is 4.79 Å². The Morgan fingerprint density at radius 3 is 2.40 bits per heavy atom. The minimum atomic E-state index is 0.309. The smallest absolute Gasteiger partial charge is 0.223 e. The first-order chi connectivity index (χ1) is 7.13. The number of rotatable bonds is 4. The molecule has 4 heteroatoms. The van der Waals surface area contributed by atoms with Crippen molar-refractivity contribution in [3.63, 3.8) is 0 Å². The van der Waals surface area contributed by atoms with Gasteiger partial charge in [0, 0.05) is 39.1 Å². The molecule has 0 atom stereocenters. The van der Waals surface area contributed by atoms with Crippen molar-refractivity contribution in [3.05, 3.63) is 0 Å². The molecule has 1 aliphatic rings. The normalized spacial score (nSPS) is 18.5. The van der Waals surface area contributed by atoms with Crippen LogP contribution in [-0.4, -0.2) is 74.0 Å². The third-order valence-electron chi connectivity index (χ3n) is 3.10. The van der Waals surface area contributed by atoms with Crippen LogP contribution in [0.15, 0.2) is 0 Å². The second-order valence-corrected chi connectivity index (χ2v) is 4.33. The Balaban J connectivity index is 2.22. The lowest BCUT2D eigenvalue weighted by molar-refractivity contribution is -0.133. The number of carbonyl (C=O) groups is 1. The van der Waals surface area contributed by atoms with Gasteiger partial charge in [0.25, 0.3) is 0 Å². The number of amides is 1. The molecule has 1 fully saturated rings. The predicted octanol–water partition coefficient (Wildman–Crippen LogP) is 0.102. The number of carbonyl (C=O) groups excluding carboxylic acids is 1. The Hall–Kier alpha value is -0.610. The van der Waals surface area contributed by atoms with Gasteiger partial charge in [0.15, 0.2) is 0 Å². The van der Waals surface area contributed by atoms with Crippen LogP contribution in [0.4, 0.5) is 0 Å². The Labute approximate surface area is 92.8 Å². The summed E-state index contributed by atoms with van der Waals surface area (Å²) in [5.41, 5.74) is 0. The van der Waals surface area contributed by atoms with Gasteiger partial charge in [-0.25, -0.2) is 0 Å². The van der Waals surface area contributed by atoms with E-state index in [1.807, 2.05) is 4.90 Å². The molecule has 1 amide bonds. The van der Waals surface area contributed by atoms with Gasteiger partial charge in [-0.05, 0) is 20.6 Å². The molecule has 0 unspecified atom stereocenters. The van der Waals surface area contributed by atoms with Crippen molar-refractivity contribution < 1.29 is 4.79 Å². The lowest BCUT2D eigenvalue weighted by Gasteiger charge is -2.32. The molecule has 1 aliphatic heterocycles. The first-order valence-corrected chi connectivity index (χ1v) is 5.78. The maximum absolute atomic E-state index is 11.8. The Kier molecular flexibility index (Phi) is 5.05. The molecule has 0 radical (unpaired) electrons. The number of likely N-dealkylation sites (N-methyl/N-ethyl adjacent to an activating group) is 1. The van der Waals surface area contributed by atoms with E-state index in [2.05, 4.69) is 30.8 Å². The molecule has 88 valence electrons. The van der Waals surface area contributed by atoms with Crippen molar-refractivity contribution in [2.75, 3.05) is 53.4 Å². The molecule has 0 N–H and O–H groups in total. The number of nitrogens with zero attached hydrogens (tertiary/aromatic N) is 3. The largest absolute Gasteiger partial charge is 0.340 e. The van der Waals surface area contributed by atoms with E-state index >= 15 is 0 Å². The van der Waals surface area contributed by atoms with E-state index in [0.717, 1.165) is 39.3 Å². The van der Waals surface area contributed by atoms with Crippen LogP contribution in [0, 0.1) is 0 Å². The first-order valence-electron chi connectivity index (χ1n) is 5.78. The van der Waals surface area contributed by atoms with Crippen LogP contribution in [0.25, 0.3) is 0 Å². The van der Waals surface area contributed by atoms with E-state index in [1.54, 1.807) is 0 Å². The van der Waals surface area contributed by atoms with Gasteiger partial charge in [0.1, 0.15) is 0 Å². The summed E-state index contributed by atoms with van der Waals surface area (Å²) in [6, 6.07) is 0. The fourth-order valence-corrected chi connectivity index (χ4v) is 1.66. The van der Waals surface area contributed by atoms with Crippen LogP contribution < -0.4 is 0 Å².